The van der Waals surface area contributed by atoms with Gasteiger partial charge in [-0.2, -0.15) is 0 Å². The van der Waals surface area contributed by atoms with E-state index in [1.54, 1.807) is 6.07 Å². The van der Waals surface area contributed by atoms with Crippen molar-refractivity contribution < 1.29 is 17.9 Å². The number of hydrogen-bond acceptors (Lipinski definition) is 3. The number of fused-ring (bicyclic) bond motifs is 1. The highest BCUT2D eigenvalue weighted by atomic mass is 35.5. The third-order valence-corrected chi connectivity index (χ3v) is 8.49. The van der Waals surface area contributed by atoms with Crippen molar-refractivity contribution >= 4 is 22.9 Å². The van der Waals surface area contributed by atoms with Crippen LogP contribution in [0, 0.1) is 5.82 Å². The van der Waals surface area contributed by atoms with Crippen LogP contribution in [0.4, 0.5) is 4.39 Å². The monoisotopic (exact) mass is 492 g/mol. The zero-order chi connectivity index (χ0) is 23.0. The lowest BCUT2D eigenvalue weighted by atomic mass is 9.75. The number of nitrogens with zero attached hydrogens (tertiary/aromatic N) is 1. The summed E-state index contributed by atoms with van der Waals surface area (Å²) >= 11 is 4.18. The van der Waals surface area contributed by atoms with Crippen molar-refractivity contribution in [2.24, 2.45) is 0 Å². The minimum Gasteiger partial charge on any atom is -0.490 e. The second-order valence-corrected chi connectivity index (χ2v) is 10.8. The van der Waals surface area contributed by atoms with Crippen molar-refractivity contribution in [1.82, 2.24) is 9.62 Å². The first-order chi connectivity index (χ1) is 15.9. The van der Waals surface area contributed by atoms with E-state index in [9.17, 15) is 13.2 Å². The summed E-state index contributed by atoms with van der Waals surface area (Å²) in [6.45, 7) is 2.49. The average molecular weight is 493 g/mol. The molecule has 178 valence electrons. The van der Waals surface area contributed by atoms with Gasteiger partial charge in [-0.3, -0.25) is 9.45 Å². The van der Waals surface area contributed by atoms with E-state index in [0.717, 1.165) is 61.3 Å². The van der Waals surface area contributed by atoms with Crippen molar-refractivity contribution in [1.29, 1.82) is 0 Å². The fourth-order valence-corrected chi connectivity index (χ4v) is 6.48. The Morgan fingerprint density at radius 1 is 1.24 bits per heavy atom. The highest BCUT2D eigenvalue weighted by molar-refractivity contribution is 7.77. The van der Waals surface area contributed by atoms with Gasteiger partial charge in [0.2, 0.25) is 11.3 Å². The van der Waals surface area contributed by atoms with Crippen LogP contribution in [0.2, 0.25) is 5.02 Å². The number of nitrogens with one attached hydrogen (secondary N) is 1. The molecule has 1 saturated carbocycles. The van der Waals surface area contributed by atoms with E-state index in [2.05, 4.69) is 15.7 Å². The third kappa shape index (κ3) is 4.98. The fourth-order valence-electron chi connectivity index (χ4n) is 5.59. The SMILES string of the molecule is O=S(O)NC1(CCOc2cc3c(cc2F)CC(N2CCC2)C3Cc2cccc(Cl)c2)CCC1. The lowest BCUT2D eigenvalue weighted by Crippen LogP contribution is -2.52. The molecule has 0 bridgehead atoms. The second kappa shape index (κ2) is 9.62. The maximum atomic E-state index is 14.9. The first-order valence-corrected chi connectivity index (χ1v) is 13.2. The van der Waals surface area contributed by atoms with Crippen molar-refractivity contribution in [2.75, 3.05) is 19.7 Å². The molecular weight excluding hydrogens is 463 g/mol. The van der Waals surface area contributed by atoms with Crippen molar-refractivity contribution in [3.05, 3.63) is 63.9 Å². The molecule has 0 amide bonds. The maximum absolute atomic E-state index is 14.9. The van der Waals surface area contributed by atoms with Crippen LogP contribution in [0.1, 0.15) is 54.7 Å². The summed E-state index contributed by atoms with van der Waals surface area (Å²) in [6, 6.07) is 11.9. The van der Waals surface area contributed by atoms with E-state index in [-0.39, 0.29) is 23.0 Å². The number of benzene rings is 2. The normalized spacial score (nSPS) is 24.6. The maximum Gasteiger partial charge on any atom is 0.232 e. The number of hydrogen-bond donors (Lipinski definition) is 2. The Bertz CT molecular complexity index is 1040. The van der Waals surface area contributed by atoms with Crippen molar-refractivity contribution in [2.45, 2.75) is 62.4 Å². The molecule has 1 saturated heterocycles. The van der Waals surface area contributed by atoms with Gasteiger partial charge in [-0.05, 0) is 92.6 Å². The molecule has 5 rings (SSSR count). The largest absolute Gasteiger partial charge is 0.490 e. The Labute approximate surface area is 202 Å². The van der Waals surface area contributed by atoms with Crippen LogP contribution in [0.15, 0.2) is 36.4 Å². The standard InChI is InChI=1S/C25H30ClFN2O3S/c26-19-5-1-4-17(12-19)13-21-20-16-24(32-11-8-25(6-2-7-25)28-33(30)31)22(27)14-18(20)15-23(21)29-9-3-10-29/h1,4-5,12,14,16,21,23,28H,2-3,6-11,13,15H2,(H,30,31). The predicted octanol–water partition coefficient (Wildman–Crippen LogP) is 4.85. The van der Waals surface area contributed by atoms with Crippen molar-refractivity contribution in [3.63, 3.8) is 0 Å². The van der Waals surface area contributed by atoms with Crippen molar-refractivity contribution in [3.8, 4) is 5.75 Å². The molecule has 3 unspecified atom stereocenters. The van der Waals surface area contributed by atoms with Crippen LogP contribution in [0.3, 0.4) is 0 Å². The van der Waals surface area contributed by atoms with Gasteiger partial charge in [-0.15, -0.1) is 0 Å². The van der Waals surface area contributed by atoms with Crippen LogP contribution in [-0.4, -0.2) is 44.9 Å². The average Bonchev–Trinajstić information content (AvgIpc) is 3.01. The van der Waals surface area contributed by atoms with Crippen LogP contribution in [0.5, 0.6) is 5.75 Å². The van der Waals surface area contributed by atoms with E-state index in [4.69, 9.17) is 16.3 Å². The van der Waals surface area contributed by atoms with E-state index >= 15 is 0 Å². The molecule has 0 radical (unpaired) electrons. The summed E-state index contributed by atoms with van der Waals surface area (Å²) in [4.78, 5) is 2.51. The van der Waals surface area contributed by atoms with Gasteiger partial charge in [0, 0.05) is 28.9 Å². The predicted molar refractivity (Wildman–Crippen MR) is 129 cm³/mol. The lowest BCUT2D eigenvalue weighted by molar-refractivity contribution is 0.106. The summed E-state index contributed by atoms with van der Waals surface area (Å²) < 4.78 is 44.0. The first-order valence-electron chi connectivity index (χ1n) is 11.7. The first kappa shape index (κ1) is 23.2. The quantitative estimate of drug-likeness (QED) is 0.491. The van der Waals surface area contributed by atoms with Gasteiger partial charge in [0.25, 0.3) is 0 Å². The zero-order valence-corrected chi connectivity index (χ0v) is 20.1. The third-order valence-electron chi connectivity index (χ3n) is 7.64. The van der Waals surface area contributed by atoms with Crippen LogP contribution < -0.4 is 9.46 Å². The molecular formula is C25H30ClFN2O3S. The number of ether oxygens (including phenoxy) is 1. The lowest BCUT2D eigenvalue weighted by Gasteiger charge is -2.41. The number of halogens is 2. The highest BCUT2D eigenvalue weighted by Crippen LogP contribution is 2.43. The van der Waals surface area contributed by atoms with Crippen LogP contribution >= 0.6 is 11.6 Å². The Morgan fingerprint density at radius 3 is 2.70 bits per heavy atom. The summed E-state index contributed by atoms with van der Waals surface area (Å²) in [7, 11) is 0. The summed E-state index contributed by atoms with van der Waals surface area (Å²) in [5.41, 5.74) is 3.03. The molecule has 8 heteroatoms. The molecule has 1 heterocycles. The molecule has 2 aromatic carbocycles. The molecule has 5 nitrogen and oxygen atoms in total. The minimum atomic E-state index is -2.06. The summed E-state index contributed by atoms with van der Waals surface area (Å²) in [5, 5.41) is 0.733. The Kier molecular flexibility index (Phi) is 6.78. The summed E-state index contributed by atoms with van der Waals surface area (Å²) in [5.74, 6) is 0.202. The van der Waals surface area contributed by atoms with E-state index < -0.39 is 11.3 Å². The zero-order valence-electron chi connectivity index (χ0n) is 18.6. The second-order valence-electron chi connectivity index (χ2n) is 9.67. The Hall–Kier alpha value is -1.51. The number of rotatable bonds is 9. The Morgan fingerprint density at radius 2 is 2.06 bits per heavy atom. The topological polar surface area (TPSA) is 61.8 Å². The molecule has 33 heavy (non-hydrogen) atoms. The Balaban J connectivity index is 1.34. The molecule has 3 atom stereocenters. The molecule has 0 spiro atoms. The van der Waals surface area contributed by atoms with Gasteiger partial charge in [0.05, 0.1) is 6.61 Å². The number of likely N-dealkylation sites (tertiary alicyclic amines) is 1. The minimum absolute atomic E-state index is 0.262. The van der Waals surface area contributed by atoms with Gasteiger partial charge in [0.1, 0.15) is 0 Å². The molecule has 2 N–H and O–H groups in total. The van der Waals surface area contributed by atoms with Gasteiger partial charge in [0.15, 0.2) is 11.6 Å². The molecule has 2 aliphatic carbocycles. The van der Waals surface area contributed by atoms with Crippen LogP contribution in [-0.2, 0) is 24.1 Å². The summed E-state index contributed by atoms with van der Waals surface area (Å²) in [6.07, 6.45) is 6.16. The highest BCUT2D eigenvalue weighted by Gasteiger charge is 2.40. The molecule has 2 fully saturated rings. The smallest absolute Gasteiger partial charge is 0.232 e. The fraction of sp³-hybridized carbons (Fsp3) is 0.520. The molecule has 3 aliphatic rings. The van der Waals surface area contributed by atoms with Gasteiger partial charge in [-0.25, -0.2) is 13.3 Å². The molecule has 0 aromatic heterocycles. The van der Waals surface area contributed by atoms with E-state index in [0.29, 0.717) is 19.1 Å². The van der Waals surface area contributed by atoms with Gasteiger partial charge < -0.3 is 4.74 Å². The molecule has 2 aromatic rings. The van der Waals surface area contributed by atoms with Gasteiger partial charge >= 0.3 is 0 Å². The van der Waals surface area contributed by atoms with Crippen LogP contribution in [0.25, 0.3) is 0 Å². The van der Waals surface area contributed by atoms with E-state index in [1.165, 1.54) is 12.0 Å². The van der Waals surface area contributed by atoms with Gasteiger partial charge in [-0.1, -0.05) is 23.7 Å². The van der Waals surface area contributed by atoms with E-state index in [1.807, 2.05) is 24.3 Å². The molecule has 1 aliphatic heterocycles.